The minimum Gasteiger partial charge on any atom is -0.480 e. The fraction of sp³-hybridized carbons (Fsp3) is 0.533. The molecule has 0 unspecified atom stereocenters. The van der Waals surface area contributed by atoms with Gasteiger partial charge in [-0.1, -0.05) is 39.8 Å². The summed E-state index contributed by atoms with van der Waals surface area (Å²) in [5.41, 5.74) is 5.09. The Morgan fingerprint density at radius 3 is 2.22 bits per heavy atom. The Morgan fingerprint density at radius 1 is 1.02 bits per heavy atom. The number of amides is 4. The lowest BCUT2D eigenvalue weighted by atomic mass is 9.81. The van der Waals surface area contributed by atoms with Crippen LogP contribution in [0.5, 0.6) is 0 Å². The number of rotatable bonds is 12. The Labute approximate surface area is 259 Å². The molecule has 4 N–H and O–H groups in total. The maximum Gasteiger partial charge on any atom is 0.323 e. The molecule has 15 nitrogen and oxygen atoms in total. The second-order valence-electron chi connectivity index (χ2n) is 12.0. The first kappa shape index (κ1) is 33.4. The number of nitrogens with zero attached hydrogens (tertiary/aromatic N) is 4. The van der Waals surface area contributed by atoms with Gasteiger partial charge in [-0.25, -0.2) is 4.98 Å². The number of nitrogens with one attached hydrogen (secondary N) is 1. The molecule has 0 saturated carbocycles. The first-order valence-corrected chi connectivity index (χ1v) is 14.8. The summed E-state index contributed by atoms with van der Waals surface area (Å²) in [7, 11) is 0. The zero-order chi connectivity index (χ0) is 33.2. The van der Waals surface area contributed by atoms with Gasteiger partial charge < -0.3 is 25.1 Å². The highest BCUT2D eigenvalue weighted by atomic mass is 16.4. The van der Waals surface area contributed by atoms with Gasteiger partial charge >= 0.3 is 17.8 Å². The van der Waals surface area contributed by atoms with Crippen LogP contribution >= 0.6 is 0 Å². The van der Waals surface area contributed by atoms with E-state index in [0.29, 0.717) is 30.5 Å². The Balaban J connectivity index is 1.48. The predicted octanol–water partition coefficient (Wildman–Crippen LogP) is -0.180. The van der Waals surface area contributed by atoms with Crippen molar-refractivity contribution < 1.29 is 43.1 Å². The molecule has 0 radical (unpaired) electrons. The standard InChI is InChI=1S/C30H38N6O9/c1-16(2)23(24(40)26-32-18-8-5-6-10-20(18)45-26)36-11-7-9-19(36)25(41)33-29(44)30(31,17(3)4)21(37)14-34-12-13-35(15-22(38)39)28(43)27(34)42/h5-6,8,10,16-17,19,23H,7,9,11-15,31H2,1-4H3,(H,38,39)(H,33,41,44)/t19-,23-,30+/m0/s1. The summed E-state index contributed by atoms with van der Waals surface area (Å²) in [4.78, 5) is 97.8. The smallest absolute Gasteiger partial charge is 0.323 e. The monoisotopic (exact) mass is 626 g/mol. The van der Waals surface area contributed by atoms with Gasteiger partial charge in [-0.05, 0) is 43.4 Å². The molecule has 15 heteroatoms. The molecular formula is C30H38N6O9. The first-order valence-electron chi connectivity index (χ1n) is 14.8. The Bertz CT molecular complexity index is 1500. The summed E-state index contributed by atoms with van der Waals surface area (Å²) >= 11 is 0. The van der Waals surface area contributed by atoms with E-state index in [-0.39, 0.29) is 24.9 Å². The Hall–Kier alpha value is -4.50. The predicted molar refractivity (Wildman–Crippen MR) is 157 cm³/mol. The summed E-state index contributed by atoms with van der Waals surface area (Å²) in [6, 6.07) is 5.28. The van der Waals surface area contributed by atoms with Crippen molar-refractivity contribution >= 4 is 52.3 Å². The molecule has 0 aliphatic carbocycles. The number of aliphatic carboxylic acids is 1. The number of piperazine rings is 1. The lowest BCUT2D eigenvalue weighted by Gasteiger charge is -2.36. The van der Waals surface area contributed by atoms with Crippen molar-refractivity contribution in [3.63, 3.8) is 0 Å². The fourth-order valence-corrected chi connectivity index (χ4v) is 5.84. The number of hydrogen-bond donors (Lipinski definition) is 3. The number of para-hydroxylation sites is 2. The molecule has 2 aromatic rings. The molecule has 0 spiro atoms. The van der Waals surface area contributed by atoms with Crippen LogP contribution in [-0.2, 0) is 28.8 Å². The summed E-state index contributed by atoms with van der Waals surface area (Å²) in [5.74, 6) is -7.73. The number of hydrogen-bond acceptors (Lipinski definition) is 11. The SMILES string of the molecule is CC(C)[C@@H](C(=O)c1nc2ccccc2o1)N1CCC[C@H]1C(=O)NC(=O)[C@](N)(C(=O)CN1CCN(CC(=O)O)C(=O)C1=O)C(C)C. The topological polar surface area (TPSA) is 214 Å². The molecule has 0 bridgehead atoms. The third-order valence-electron chi connectivity index (χ3n) is 8.40. The molecule has 1 aromatic heterocycles. The average molecular weight is 627 g/mol. The van der Waals surface area contributed by atoms with E-state index in [0.717, 1.165) is 9.80 Å². The lowest BCUT2D eigenvalue weighted by molar-refractivity contribution is -0.160. The number of ketones is 2. The highest BCUT2D eigenvalue weighted by Crippen LogP contribution is 2.28. The van der Waals surface area contributed by atoms with E-state index in [2.05, 4.69) is 10.3 Å². The van der Waals surface area contributed by atoms with Crippen LogP contribution in [0.2, 0.25) is 0 Å². The van der Waals surface area contributed by atoms with E-state index in [1.54, 1.807) is 29.2 Å². The van der Waals surface area contributed by atoms with Gasteiger partial charge in [0.25, 0.3) is 11.8 Å². The number of fused-ring (bicyclic) bond motifs is 1. The van der Waals surface area contributed by atoms with E-state index in [1.807, 2.05) is 13.8 Å². The van der Waals surface area contributed by atoms with Gasteiger partial charge in [0.1, 0.15) is 12.1 Å². The average Bonchev–Trinajstić information content (AvgIpc) is 3.63. The number of likely N-dealkylation sites (tertiary alicyclic amines) is 1. The summed E-state index contributed by atoms with van der Waals surface area (Å²) in [6.45, 7) is 5.46. The first-order chi connectivity index (χ1) is 21.2. The van der Waals surface area contributed by atoms with Crippen molar-refractivity contribution in [3.05, 3.63) is 30.2 Å². The zero-order valence-electron chi connectivity index (χ0n) is 25.6. The molecule has 242 valence electrons. The lowest BCUT2D eigenvalue weighted by Crippen LogP contribution is -2.67. The van der Waals surface area contributed by atoms with Crippen LogP contribution in [0.4, 0.5) is 0 Å². The van der Waals surface area contributed by atoms with Crippen molar-refractivity contribution in [2.45, 2.75) is 58.2 Å². The second-order valence-corrected chi connectivity index (χ2v) is 12.0. The molecular weight excluding hydrogens is 588 g/mol. The van der Waals surface area contributed by atoms with Crippen LogP contribution in [0.25, 0.3) is 11.1 Å². The third kappa shape index (κ3) is 6.63. The van der Waals surface area contributed by atoms with E-state index < -0.39 is 77.8 Å². The van der Waals surface area contributed by atoms with Crippen molar-refractivity contribution in [2.75, 3.05) is 32.7 Å². The van der Waals surface area contributed by atoms with Gasteiger partial charge in [0.2, 0.25) is 11.7 Å². The van der Waals surface area contributed by atoms with Gasteiger partial charge in [0.15, 0.2) is 16.9 Å². The Kier molecular flexibility index (Phi) is 9.83. The Morgan fingerprint density at radius 2 is 1.64 bits per heavy atom. The van der Waals surface area contributed by atoms with Crippen LogP contribution in [0.1, 0.15) is 51.2 Å². The molecule has 4 amide bonds. The van der Waals surface area contributed by atoms with Gasteiger partial charge in [-0.15, -0.1) is 0 Å². The number of benzene rings is 1. The summed E-state index contributed by atoms with van der Waals surface area (Å²) in [5, 5.41) is 11.2. The van der Waals surface area contributed by atoms with E-state index >= 15 is 0 Å². The molecule has 4 rings (SSSR count). The van der Waals surface area contributed by atoms with E-state index in [9.17, 15) is 33.6 Å². The van der Waals surface area contributed by atoms with Gasteiger partial charge in [-0.2, -0.15) is 0 Å². The zero-order valence-corrected chi connectivity index (χ0v) is 25.6. The highest BCUT2D eigenvalue weighted by Gasteiger charge is 2.49. The van der Waals surface area contributed by atoms with Gasteiger partial charge in [0.05, 0.1) is 18.6 Å². The summed E-state index contributed by atoms with van der Waals surface area (Å²) < 4.78 is 5.70. The summed E-state index contributed by atoms with van der Waals surface area (Å²) in [6.07, 6.45) is 0.908. The minimum absolute atomic E-state index is 0.0831. The van der Waals surface area contributed by atoms with Crippen molar-refractivity contribution in [1.29, 1.82) is 0 Å². The van der Waals surface area contributed by atoms with Crippen LogP contribution in [0.15, 0.2) is 28.7 Å². The van der Waals surface area contributed by atoms with E-state index in [4.69, 9.17) is 15.3 Å². The second kappa shape index (κ2) is 13.2. The molecule has 2 fully saturated rings. The number of Topliss-reactive ketones (excluding diaryl/α,β-unsaturated/α-hetero) is 2. The van der Waals surface area contributed by atoms with E-state index in [1.165, 1.54) is 13.8 Å². The largest absolute Gasteiger partial charge is 0.480 e. The number of oxazole rings is 1. The van der Waals surface area contributed by atoms with Crippen molar-refractivity contribution in [3.8, 4) is 0 Å². The number of nitrogens with two attached hydrogens (primary N) is 1. The molecule has 1 aromatic carbocycles. The number of carboxylic acids is 1. The quantitative estimate of drug-likeness (QED) is 0.159. The minimum atomic E-state index is -2.24. The van der Waals surface area contributed by atoms with Gasteiger partial charge in [0, 0.05) is 13.1 Å². The van der Waals surface area contributed by atoms with Crippen molar-refractivity contribution in [2.24, 2.45) is 17.6 Å². The number of carbonyl (C=O) groups excluding carboxylic acids is 6. The molecule has 2 saturated heterocycles. The normalized spacial score (nSPS) is 19.7. The van der Waals surface area contributed by atoms with Gasteiger partial charge in [-0.3, -0.25) is 43.8 Å². The number of carbonyl (C=O) groups is 7. The molecule has 45 heavy (non-hydrogen) atoms. The fourth-order valence-electron chi connectivity index (χ4n) is 5.84. The molecule has 3 atom stereocenters. The number of imide groups is 1. The maximum atomic E-state index is 13.6. The van der Waals surface area contributed by atoms with Crippen LogP contribution in [0.3, 0.4) is 0 Å². The highest BCUT2D eigenvalue weighted by molar-refractivity contribution is 6.36. The van der Waals surface area contributed by atoms with Crippen molar-refractivity contribution in [1.82, 2.24) is 25.0 Å². The van der Waals surface area contributed by atoms with Crippen LogP contribution in [-0.4, -0.2) is 116 Å². The molecule has 3 heterocycles. The number of aromatic nitrogens is 1. The maximum absolute atomic E-state index is 13.6. The third-order valence-corrected chi connectivity index (χ3v) is 8.40. The van der Waals surface area contributed by atoms with Crippen LogP contribution < -0.4 is 11.1 Å². The molecule has 2 aliphatic heterocycles. The number of carboxylic acid groups (broad SMARTS) is 1. The van der Waals surface area contributed by atoms with Crippen LogP contribution in [0, 0.1) is 11.8 Å². The molecule has 2 aliphatic rings.